The van der Waals surface area contributed by atoms with Crippen LogP contribution in [-0.2, 0) is 45.0 Å². The van der Waals surface area contributed by atoms with Crippen molar-refractivity contribution in [1.29, 1.82) is 0 Å². The first-order chi connectivity index (χ1) is 33.8. The Morgan fingerprint density at radius 1 is 0.571 bits per heavy atom. The maximum absolute atomic E-state index is 14.6. The van der Waals surface area contributed by atoms with Gasteiger partial charge in [-0.05, 0) is 49.7 Å². The van der Waals surface area contributed by atoms with Crippen LogP contribution >= 0.6 is 22.7 Å². The molecule has 382 valence electrons. The molecule has 4 atom stereocenters. The minimum Gasteiger partial charge on any atom is -0.379 e. The van der Waals surface area contributed by atoms with Gasteiger partial charge in [0, 0.05) is 88.0 Å². The zero-order valence-electron chi connectivity index (χ0n) is 42.1. The summed E-state index contributed by atoms with van der Waals surface area (Å²) in [5, 5.41) is 18.9. The number of hydrogen-bond acceptors (Lipinski definition) is 12. The van der Waals surface area contributed by atoms with E-state index < -0.39 is 12.1 Å². The number of ether oxygens (including phenoxy) is 2. The Hall–Kier alpha value is -4.98. The number of aromatic nitrogens is 2. The van der Waals surface area contributed by atoms with E-state index in [1.54, 1.807) is 46.6 Å². The van der Waals surface area contributed by atoms with Gasteiger partial charge in [0.25, 0.3) is 0 Å². The van der Waals surface area contributed by atoms with Gasteiger partial charge in [-0.3, -0.25) is 19.4 Å². The third-order valence-electron chi connectivity index (χ3n) is 12.7. The molecule has 2 aliphatic rings. The van der Waals surface area contributed by atoms with E-state index in [0.717, 1.165) is 58.7 Å². The van der Waals surface area contributed by atoms with E-state index in [9.17, 15) is 19.2 Å². The Morgan fingerprint density at radius 3 is 1.29 bits per heavy atom. The number of thiazole rings is 2. The predicted octanol–water partition coefficient (Wildman–Crippen LogP) is 6.25. The van der Waals surface area contributed by atoms with Crippen LogP contribution in [0.25, 0.3) is 0 Å². The highest BCUT2D eigenvalue weighted by atomic mass is 32.1. The zero-order chi connectivity index (χ0) is 49.8. The molecule has 2 fully saturated rings. The lowest BCUT2D eigenvalue weighted by atomic mass is 9.95. The Labute approximate surface area is 423 Å². The summed E-state index contributed by atoms with van der Waals surface area (Å²) in [6, 6.07) is 17.1. The number of urea groups is 2. The van der Waals surface area contributed by atoms with E-state index in [-0.39, 0.29) is 36.0 Å². The van der Waals surface area contributed by atoms with Gasteiger partial charge < -0.3 is 40.5 Å². The van der Waals surface area contributed by atoms with Crippen LogP contribution in [0, 0.1) is 0 Å². The lowest BCUT2D eigenvalue weighted by molar-refractivity contribution is -0.125. The van der Waals surface area contributed by atoms with Crippen molar-refractivity contribution >= 4 is 46.6 Å². The number of amides is 6. The summed E-state index contributed by atoms with van der Waals surface area (Å²) in [6.07, 6.45) is 2.99. The first-order valence-electron chi connectivity index (χ1n) is 25.0. The molecule has 0 aliphatic carbocycles. The number of rotatable bonds is 25. The molecule has 18 heteroatoms. The molecule has 6 rings (SSSR count). The largest absolute Gasteiger partial charge is 0.379 e. The van der Waals surface area contributed by atoms with Crippen LogP contribution in [0.1, 0.15) is 97.7 Å². The summed E-state index contributed by atoms with van der Waals surface area (Å²) in [5.41, 5.74) is 3.74. The van der Waals surface area contributed by atoms with Crippen LogP contribution in [0.15, 0.2) is 71.4 Å². The fourth-order valence-corrected chi connectivity index (χ4v) is 10.2. The van der Waals surface area contributed by atoms with E-state index >= 15 is 0 Å². The molecule has 2 aromatic carbocycles. The Balaban J connectivity index is 1.18. The molecule has 2 aliphatic heterocycles. The van der Waals surface area contributed by atoms with Gasteiger partial charge in [0.15, 0.2) is 0 Å². The SMILES string of the molecule is CC(C)c1nc(CN(C)C(=O)N[C@@H](CCN2CCOCC2)C(=O)N[C@H](CC[C@H](Cc2ccccc2)NC(=O)[C@H](CCN2CCOCC2)NC(=O)N(C)Cc2csc(C(C)C)n2)Cc2ccccc2)cs1. The Kier molecular flexibility index (Phi) is 21.9. The minimum atomic E-state index is -0.806. The summed E-state index contributed by atoms with van der Waals surface area (Å²) >= 11 is 3.17. The number of benzene rings is 2. The van der Waals surface area contributed by atoms with Crippen LogP contribution < -0.4 is 21.3 Å². The number of nitrogens with zero attached hydrogens (tertiary/aromatic N) is 6. The predicted molar refractivity (Wildman–Crippen MR) is 277 cm³/mol. The van der Waals surface area contributed by atoms with Gasteiger partial charge in [0.2, 0.25) is 11.8 Å². The molecule has 70 heavy (non-hydrogen) atoms. The third-order valence-corrected chi connectivity index (χ3v) is 15.1. The highest BCUT2D eigenvalue weighted by Gasteiger charge is 2.30. The van der Waals surface area contributed by atoms with Gasteiger partial charge >= 0.3 is 12.1 Å². The van der Waals surface area contributed by atoms with Gasteiger partial charge in [-0.25, -0.2) is 19.6 Å². The Morgan fingerprint density at radius 2 is 0.943 bits per heavy atom. The second-order valence-electron chi connectivity index (χ2n) is 19.2. The van der Waals surface area contributed by atoms with Crippen molar-refractivity contribution in [2.75, 3.05) is 79.8 Å². The molecule has 4 N–H and O–H groups in total. The summed E-state index contributed by atoms with van der Waals surface area (Å²) in [6.45, 7) is 15.8. The molecule has 16 nitrogen and oxygen atoms in total. The van der Waals surface area contributed by atoms with Gasteiger partial charge in [-0.1, -0.05) is 88.4 Å². The lowest BCUT2D eigenvalue weighted by Gasteiger charge is -2.31. The second kappa shape index (κ2) is 28.2. The van der Waals surface area contributed by atoms with Crippen LogP contribution in [0.2, 0.25) is 0 Å². The average molecular weight is 1000 g/mol. The second-order valence-corrected chi connectivity index (χ2v) is 21.0. The maximum atomic E-state index is 14.6. The highest BCUT2D eigenvalue weighted by molar-refractivity contribution is 7.10. The molecule has 4 heterocycles. The number of carbonyl (C=O) groups is 4. The molecule has 0 radical (unpaired) electrons. The maximum Gasteiger partial charge on any atom is 0.318 e. The van der Waals surface area contributed by atoms with E-state index in [1.165, 1.54) is 0 Å². The summed E-state index contributed by atoms with van der Waals surface area (Å²) in [7, 11) is 3.45. The number of morpholine rings is 2. The van der Waals surface area contributed by atoms with Gasteiger partial charge in [0.05, 0.1) is 60.9 Å². The van der Waals surface area contributed by atoms with E-state index in [4.69, 9.17) is 19.4 Å². The molecule has 4 aromatic rings. The van der Waals surface area contributed by atoms with Crippen LogP contribution in [0.4, 0.5) is 9.59 Å². The molecule has 0 unspecified atom stereocenters. The lowest BCUT2D eigenvalue weighted by Crippen LogP contribution is -2.54. The van der Waals surface area contributed by atoms with Crippen molar-refractivity contribution in [3.8, 4) is 0 Å². The molecular formula is C52H76N10O6S2. The number of carbonyl (C=O) groups excluding carboxylic acids is 4. The van der Waals surface area contributed by atoms with Gasteiger partial charge in [0.1, 0.15) is 12.1 Å². The van der Waals surface area contributed by atoms with E-state index in [2.05, 4.69) is 83.0 Å². The van der Waals surface area contributed by atoms with Crippen molar-refractivity contribution in [1.82, 2.24) is 50.8 Å². The molecular weight excluding hydrogens is 925 g/mol. The standard InChI is InChI=1S/C52H76N10O6S2/c1-37(2)49-55-43(35-69-49)33-59(5)51(65)57-45(19-21-61-23-27-67-28-24-61)47(63)53-41(31-39-13-9-7-10-14-39)17-18-42(32-40-15-11-8-12-16-40)54-48(64)46(20-22-62-25-29-68-30-26-62)58-52(66)60(6)34-44-36-70-50(56-44)38(3)4/h7-16,35-38,41-42,45-46H,17-34H2,1-6H3,(H,53,63)(H,54,64)(H,57,65)(H,58,66)/t41-,42-,45+,46+/m1/s1. The quantitative estimate of drug-likeness (QED) is 0.0595. The topological polar surface area (TPSA) is 174 Å². The molecule has 0 bridgehead atoms. The van der Waals surface area contributed by atoms with E-state index in [1.807, 2.05) is 47.2 Å². The Bertz CT molecular complexity index is 2040. The summed E-state index contributed by atoms with van der Waals surface area (Å²) in [5.74, 6) is 0.0633. The van der Waals surface area contributed by atoms with Crippen molar-refractivity contribution in [2.45, 2.75) is 115 Å². The average Bonchev–Trinajstić information content (AvgIpc) is 4.05. The smallest absolute Gasteiger partial charge is 0.318 e. The fourth-order valence-electron chi connectivity index (χ4n) is 8.53. The molecule has 6 amide bonds. The summed E-state index contributed by atoms with van der Waals surface area (Å²) < 4.78 is 11.2. The summed E-state index contributed by atoms with van der Waals surface area (Å²) in [4.78, 5) is 73.9. The molecule has 2 saturated heterocycles. The number of nitrogens with one attached hydrogen (secondary N) is 4. The van der Waals surface area contributed by atoms with Crippen molar-refractivity contribution in [3.63, 3.8) is 0 Å². The van der Waals surface area contributed by atoms with Crippen molar-refractivity contribution in [3.05, 3.63) is 104 Å². The first-order valence-corrected chi connectivity index (χ1v) is 26.8. The molecule has 2 aromatic heterocycles. The molecule has 0 saturated carbocycles. The van der Waals surface area contributed by atoms with Crippen LogP contribution in [0.3, 0.4) is 0 Å². The molecule has 0 spiro atoms. The third kappa shape index (κ3) is 18.0. The van der Waals surface area contributed by atoms with E-state index in [0.29, 0.717) is 103 Å². The normalized spacial score (nSPS) is 16.3. The number of hydrogen-bond donors (Lipinski definition) is 4. The van der Waals surface area contributed by atoms with Gasteiger partial charge in [-0.2, -0.15) is 0 Å². The van der Waals surface area contributed by atoms with Crippen molar-refractivity contribution in [2.24, 2.45) is 0 Å². The van der Waals surface area contributed by atoms with Crippen LogP contribution in [0.5, 0.6) is 0 Å². The first kappa shape index (κ1) is 54.4. The van der Waals surface area contributed by atoms with Gasteiger partial charge in [-0.15, -0.1) is 22.7 Å². The van der Waals surface area contributed by atoms with Crippen molar-refractivity contribution < 1.29 is 28.7 Å². The highest BCUT2D eigenvalue weighted by Crippen LogP contribution is 2.22. The fraction of sp³-hybridized carbons (Fsp3) is 0.577. The monoisotopic (exact) mass is 1000 g/mol. The zero-order valence-corrected chi connectivity index (χ0v) is 43.7. The van der Waals surface area contributed by atoms with Crippen LogP contribution in [-0.4, -0.2) is 157 Å². The minimum absolute atomic E-state index is 0.261.